The zero-order chi connectivity index (χ0) is 27.0. The third-order valence-corrected chi connectivity index (χ3v) is 6.81. The molecule has 0 aliphatic rings. The van der Waals surface area contributed by atoms with Crippen molar-refractivity contribution < 1.29 is 87.1 Å². The number of alkyl halides is 16. The van der Waals surface area contributed by atoms with E-state index in [9.17, 15) is 87.1 Å². The molecule has 0 unspecified atom stereocenters. The Morgan fingerprint density at radius 1 is 0.375 bits per heavy atom. The van der Waals surface area contributed by atoms with Gasteiger partial charge < -0.3 is 0 Å². The van der Waals surface area contributed by atoms with E-state index >= 15 is 0 Å². The first-order valence-electron chi connectivity index (χ1n) is 6.32. The predicted octanol–water partition coefficient (Wildman–Crippen LogP) is 2.56. The number of nitrogens with two attached hydrogens (primary N) is 2. The second-order valence-corrected chi connectivity index (χ2v) is 9.13. The first kappa shape index (κ1) is 30.7. The van der Waals surface area contributed by atoms with Crippen LogP contribution in [0.1, 0.15) is 0 Å². The summed E-state index contributed by atoms with van der Waals surface area (Å²) in [5.74, 6) is -52.2. The summed E-state index contributed by atoms with van der Waals surface area (Å²) in [6.07, 6.45) is -7.92. The molecule has 0 aliphatic heterocycles. The van der Waals surface area contributed by atoms with E-state index in [1.807, 2.05) is 0 Å². The Balaban J connectivity index is 7.34. The van der Waals surface area contributed by atoms with Crippen molar-refractivity contribution in [3.05, 3.63) is 0 Å². The average molecular weight is 560 g/mol. The fourth-order valence-electron chi connectivity index (χ4n) is 1.67. The van der Waals surface area contributed by atoms with E-state index in [1.165, 1.54) is 0 Å². The normalized spacial score (nSPS) is 16.9. The van der Waals surface area contributed by atoms with Crippen molar-refractivity contribution in [3.8, 4) is 0 Å². The van der Waals surface area contributed by atoms with Crippen molar-refractivity contribution >= 4 is 20.0 Å². The number of hydrogen-bond acceptors (Lipinski definition) is 4. The third kappa shape index (κ3) is 3.47. The van der Waals surface area contributed by atoms with E-state index in [-0.39, 0.29) is 0 Å². The molecule has 0 saturated heterocycles. The molecule has 194 valence electrons. The summed E-state index contributed by atoms with van der Waals surface area (Å²) in [6, 6.07) is 0. The fraction of sp³-hybridized carbons (Fsp3) is 1.00. The van der Waals surface area contributed by atoms with Gasteiger partial charge in [-0.25, -0.2) is 27.1 Å². The lowest BCUT2D eigenvalue weighted by Crippen LogP contribution is -2.77. The number of rotatable bonds is 8. The molecule has 24 heteroatoms. The van der Waals surface area contributed by atoms with Crippen LogP contribution < -0.4 is 10.3 Å². The van der Waals surface area contributed by atoms with Gasteiger partial charge in [-0.3, -0.25) is 0 Å². The lowest BCUT2D eigenvalue weighted by molar-refractivity contribution is -0.454. The van der Waals surface area contributed by atoms with Crippen LogP contribution in [0.4, 0.5) is 70.2 Å². The van der Waals surface area contributed by atoms with Crippen LogP contribution in [0.15, 0.2) is 0 Å². The van der Waals surface area contributed by atoms with E-state index in [0.717, 1.165) is 0 Å². The molecule has 0 saturated carbocycles. The molecule has 0 aromatic rings. The molecule has 0 aliphatic carbocycles. The Labute approximate surface area is 164 Å². The van der Waals surface area contributed by atoms with Crippen LogP contribution in [0.25, 0.3) is 0 Å². The fourth-order valence-corrected chi connectivity index (χ4v) is 3.94. The summed E-state index contributed by atoms with van der Waals surface area (Å²) >= 11 is 0. The summed E-state index contributed by atoms with van der Waals surface area (Å²) in [6.45, 7) is 0. The van der Waals surface area contributed by atoms with Crippen molar-refractivity contribution in [2.75, 3.05) is 0 Å². The zero-order valence-electron chi connectivity index (χ0n) is 13.7. The Hall–Kier alpha value is -1.30. The van der Waals surface area contributed by atoms with Crippen LogP contribution >= 0.6 is 0 Å². The Morgan fingerprint density at radius 2 is 0.562 bits per heavy atom. The molecule has 0 aromatic carbocycles. The van der Waals surface area contributed by atoms with Gasteiger partial charge in [0.15, 0.2) is 0 Å². The Bertz CT molecular complexity index is 921. The van der Waals surface area contributed by atoms with Crippen molar-refractivity contribution in [2.45, 2.75) is 46.0 Å². The largest absolute Gasteiger partial charge is 0.460 e. The van der Waals surface area contributed by atoms with Crippen molar-refractivity contribution in [1.82, 2.24) is 0 Å². The minimum Gasteiger partial charge on any atom is -0.225 e. The summed E-state index contributed by atoms with van der Waals surface area (Å²) < 4.78 is 244. The highest BCUT2D eigenvalue weighted by atomic mass is 32.3. The smallest absolute Gasteiger partial charge is 0.225 e. The summed E-state index contributed by atoms with van der Waals surface area (Å²) in [7, 11) is -15.1. The topological polar surface area (TPSA) is 120 Å². The van der Waals surface area contributed by atoms with Gasteiger partial charge in [0.1, 0.15) is 0 Å². The quantitative estimate of drug-likeness (QED) is 0.444. The van der Waals surface area contributed by atoms with Crippen LogP contribution in [0.2, 0.25) is 0 Å². The predicted molar refractivity (Wildman–Crippen MR) is 65.8 cm³/mol. The summed E-state index contributed by atoms with van der Waals surface area (Å²) in [4.78, 5) is 0. The van der Waals surface area contributed by atoms with Crippen LogP contribution in [0, 0.1) is 0 Å². The molecule has 32 heavy (non-hydrogen) atoms. The maximum atomic E-state index is 14.0. The standard InChI is InChI=1S/C8H4F16N2O4S2/c9-1(10,3(13,14)5(17,18)7(21,22)23)2(11,12)4(15,16)6(19,20)8(24,31(25,27)28)32(26,29)30/h(H2,25,27,28)(H2,26,29,30). The molecule has 0 amide bonds. The van der Waals surface area contributed by atoms with Crippen molar-refractivity contribution in [2.24, 2.45) is 10.3 Å². The lowest BCUT2D eigenvalue weighted by atomic mass is 9.91. The van der Waals surface area contributed by atoms with Crippen LogP contribution in [0.5, 0.6) is 0 Å². The average Bonchev–Trinajstić information content (AvgIpc) is 2.49. The van der Waals surface area contributed by atoms with E-state index in [2.05, 4.69) is 10.3 Å². The number of halogens is 16. The Morgan fingerprint density at radius 3 is 0.750 bits per heavy atom. The van der Waals surface area contributed by atoms with Gasteiger partial charge in [-0.1, -0.05) is 0 Å². The molecule has 0 heterocycles. The highest BCUT2D eigenvalue weighted by Crippen LogP contribution is 2.64. The first-order chi connectivity index (χ1) is 13.2. The highest BCUT2D eigenvalue weighted by Gasteiger charge is 2.96. The molecule has 4 N–H and O–H groups in total. The maximum absolute atomic E-state index is 14.0. The van der Waals surface area contributed by atoms with Gasteiger partial charge >= 0.3 is 46.0 Å². The van der Waals surface area contributed by atoms with Gasteiger partial charge in [-0.2, -0.15) is 70.2 Å². The summed E-state index contributed by atoms with van der Waals surface area (Å²) in [5, 5.41) is 7.05. The maximum Gasteiger partial charge on any atom is 0.460 e. The molecule has 6 nitrogen and oxygen atoms in total. The number of sulfonamides is 2. The van der Waals surface area contributed by atoms with Crippen molar-refractivity contribution in [1.29, 1.82) is 0 Å². The number of hydrogen-bond donors (Lipinski definition) is 2. The first-order valence-corrected chi connectivity index (χ1v) is 9.41. The Kier molecular flexibility index (Phi) is 6.81. The zero-order valence-corrected chi connectivity index (χ0v) is 15.3. The molecule has 0 bridgehead atoms. The molecule has 0 rings (SSSR count). The molecule has 0 radical (unpaired) electrons. The molecule has 0 atom stereocenters. The van der Waals surface area contributed by atoms with E-state index in [4.69, 9.17) is 0 Å². The van der Waals surface area contributed by atoms with E-state index < -0.39 is 66.1 Å². The van der Waals surface area contributed by atoms with E-state index in [0.29, 0.717) is 0 Å². The van der Waals surface area contributed by atoms with Gasteiger partial charge in [0.2, 0.25) is 0 Å². The van der Waals surface area contributed by atoms with Crippen molar-refractivity contribution in [3.63, 3.8) is 0 Å². The van der Waals surface area contributed by atoms with Gasteiger partial charge in [0, 0.05) is 0 Å². The molecule has 0 spiro atoms. The van der Waals surface area contributed by atoms with Gasteiger partial charge in [-0.15, -0.1) is 0 Å². The van der Waals surface area contributed by atoms with Crippen LogP contribution in [-0.2, 0) is 20.0 Å². The van der Waals surface area contributed by atoms with Crippen LogP contribution in [-0.4, -0.2) is 62.9 Å². The minimum absolute atomic E-state index is 3.52. The molecular formula is C8H4F16N2O4S2. The third-order valence-electron chi connectivity index (χ3n) is 3.43. The molecular weight excluding hydrogens is 556 g/mol. The van der Waals surface area contributed by atoms with Gasteiger partial charge in [-0.05, 0) is 0 Å². The van der Waals surface area contributed by atoms with E-state index in [1.54, 1.807) is 0 Å². The molecule has 0 aromatic heterocycles. The van der Waals surface area contributed by atoms with Gasteiger partial charge in [0.05, 0.1) is 0 Å². The second-order valence-electron chi connectivity index (χ2n) is 5.57. The monoisotopic (exact) mass is 560 g/mol. The minimum atomic E-state index is -8.95. The molecule has 0 fully saturated rings. The SMILES string of the molecule is NS(=O)(=O)C(F)(C(F)(F)C(F)(F)C(F)(F)C(F)(F)C(F)(F)C(F)(F)C(F)(F)F)S(N)(=O)=O. The van der Waals surface area contributed by atoms with Crippen LogP contribution in [0.3, 0.4) is 0 Å². The number of primary sulfonamides is 2. The summed E-state index contributed by atoms with van der Waals surface area (Å²) in [5.41, 5.74) is 0. The van der Waals surface area contributed by atoms with Gasteiger partial charge in [0.25, 0.3) is 20.0 Å². The second kappa shape index (κ2) is 7.10. The lowest BCUT2D eigenvalue weighted by Gasteiger charge is -2.43. The highest BCUT2D eigenvalue weighted by molar-refractivity contribution is 8.08.